The van der Waals surface area contributed by atoms with E-state index in [4.69, 9.17) is 4.74 Å². The standard InChI is InChI=1S/C59H113NO5/c1-3-5-7-9-11-13-15-17-19-21-23-25-26-28-30-32-35-39-43-47-51-57(62)56(55-61)60-58(63)52-48-44-40-36-34-38-42-46-50-54-65-59(64)53-49-45-41-37-33-31-29-27-24-22-20-18-16-14-12-10-8-6-4-2/h36,40,47,51,56-57,61-62H,3-35,37-39,41-46,48-50,52-55H2,1-2H3,(H,60,63)/b40-36-,51-47+. The molecule has 6 heteroatoms. The fraction of sp³-hybridized carbons (Fsp3) is 0.898. The molecule has 0 fully saturated rings. The van der Waals surface area contributed by atoms with Gasteiger partial charge >= 0.3 is 5.97 Å². The van der Waals surface area contributed by atoms with Gasteiger partial charge < -0.3 is 20.3 Å². The van der Waals surface area contributed by atoms with Crippen molar-refractivity contribution in [3.8, 4) is 0 Å². The van der Waals surface area contributed by atoms with Gasteiger partial charge in [0, 0.05) is 12.8 Å². The minimum atomic E-state index is -0.875. The number of amides is 1. The number of hydrogen-bond donors (Lipinski definition) is 3. The van der Waals surface area contributed by atoms with Crippen LogP contribution in [0.3, 0.4) is 0 Å². The van der Waals surface area contributed by atoms with Crippen molar-refractivity contribution in [3.05, 3.63) is 24.3 Å². The lowest BCUT2D eigenvalue weighted by molar-refractivity contribution is -0.143. The Bertz CT molecular complexity index is 1010. The van der Waals surface area contributed by atoms with E-state index in [1.807, 2.05) is 6.08 Å². The van der Waals surface area contributed by atoms with E-state index in [0.29, 0.717) is 19.4 Å². The second-order valence-electron chi connectivity index (χ2n) is 20.0. The van der Waals surface area contributed by atoms with Gasteiger partial charge in [-0.1, -0.05) is 276 Å². The van der Waals surface area contributed by atoms with E-state index in [1.165, 1.54) is 218 Å². The fourth-order valence-corrected chi connectivity index (χ4v) is 8.99. The summed E-state index contributed by atoms with van der Waals surface area (Å²) in [6, 6.07) is -0.665. The predicted octanol–water partition coefficient (Wildman–Crippen LogP) is 17.9. The zero-order chi connectivity index (χ0) is 47.2. The molecule has 0 aliphatic rings. The Balaban J connectivity index is 3.53. The summed E-state index contributed by atoms with van der Waals surface area (Å²) < 4.78 is 5.46. The molecule has 0 aromatic heterocycles. The fourth-order valence-electron chi connectivity index (χ4n) is 8.99. The molecule has 3 N–H and O–H groups in total. The number of allylic oxidation sites excluding steroid dienone is 3. The lowest BCUT2D eigenvalue weighted by atomic mass is 10.0. The van der Waals surface area contributed by atoms with Gasteiger partial charge in [-0.15, -0.1) is 0 Å². The quantitative estimate of drug-likeness (QED) is 0.0321. The van der Waals surface area contributed by atoms with Crippen LogP contribution in [0.1, 0.15) is 316 Å². The molecule has 0 saturated heterocycles. The Morgan fingerprint density at radius 2 is 0.738 bits per heavy atom. The molecule has 0 bridgehead atoms. The van der Waals surface area contributed by atoms with Gasteiger partial charge in [-0.25, -0.2) is 0 Å². The van der Waals surface area contributed by atoms with E-state index in [9.17, 15) is 19.8 Å². The summed E-state index contributed by atoms with van der Waals surface area (Å²) in [4.78, 5) is 24.5. The van der Waals surface area contributed by atoms with Crippen molar-refractivity contribution in [1.29, 1.82) is 0 Å². The van der Waals surface area contributed by atoms with Gasteiger partial charge in [-0.05, 0) is 51.4 Å². The van der Waals surface area contributed by atoms with Crippen LogP contribution >= 0.6 is 0 Å². The molecule has 6 nitrogen and oxygen atoms in total. The van der Waals surface area contributed by atoms with Crippen LogP contribution in [-0.4, -0.2) is 47.4 Å². The Hall–Kier alpha value is -1.66. The number of aliphatic hydroxyl groups is 2. The van der Waals surface area contributed by atoms with E-state index < -0.39 is 12.1 Å². The van der Waals surface area contributed by atoms with Crippen LogP contribution in [0.5, 0.6) is 0 Å². The molecule has 0 spiro atoms. The van der Waals surface area contributed by atoms with E-state index in [2.05, 4.69) is 31.3 Å². The van der Waals surface area contributed by atoms with E-state index >= 15 is 0 Å². The smallest absolute Gasteiger partial charge is 0.305 e. The summed E-state index contributed by atoms with van der Waals surface area (Å²) in [6.45, 7) is 4.84. The maximum atomic E-state index is 12.4. The minimum absolute atomic E-state index is 0.0327. The first kappa shape index (κ1) is 63.3. The summed E-state index contributed by atoms with van der Waals surface area (Å²) in [5, 5.41) is 23.1. The van der Waals surface area contributed by atoms with Gasteiger partial charge in [0.25, 0.3) is 0 Å². The molecule has 0 aliphatic heterocycles. The van der Waals surface area contributed by atoms with E-state index in [1.54, 1.807) is 6.08 Å². The average Bonchev–Trinajstić information content (AvgIpc) is 3.31. The lowest BCUT2D eigenvalue weighted by Gasteiger charge is -2.19. The summed E-state index contributed by atoms with van der Waals surface area (Å²) in [5.74, 6) is -0.158. The third-order valence-corrected chi connectivity index (χ3v) is 13.5. The van der Waals surface area contributed by atoms with Gasteiger partial charge in [-0.3, -0.25) is 9.59 Å². The molecule has 0 radical (unpaired) electrons. The molecule has 0 aliphatic carbocycles. The Labute approximate surface area is 405 Å². The zero-order valence-electron chi connectivity index (χ0n) is 43.7. The van der Waals surface area contributed by atoms with Gasteiger partial charge in [0.05, 0.1) is 25.4 Å². The molecule has 2 unspecified atom stereocenters. The number of aliphatic hydroxyl groups excluding tert-OH is 2. The van der Waals surface area contributed by atoms with Crippen molar-refractivity contribution in [2.24, 2.45) is 0 Å². The normalized spacial score (nSPS) is 12.7. The first-order chi connectivity index (χ1) is 32.0. The molecule has 2 atom stereocenters. The molecule has 0 aromatic carbocycles. The first-order valence-corrected chi connectivity index (χ1v) is 29.1. The Morgan fingerprint density at radius 3 is 1.12 bits per heavy atom. The van der Waals surface area contributed by atoms with Crippen LogP contribution in [0.25, 0.3) is 0 Å². The predicted molar refractivity (Wildman–Crippen MR) is 283 cm³/mol. The number of rotatable bonds is 54. The molecule has 384 valence electrons. The molecule has 65 heavy (non-hydrogen) atoms. The number of ether oxygens (including phenoxy) is 1. The van der Waals surface area contributed by atoms with Crippen molar-refractivity contribution >= 4 is 11.9 Å². The summed E-state index contributed by atoms with van der Waals surface area (Å²) >= 11 is 0. The Kier molecular flexibility index (Phi) is 53.5. The average molecular weight is 917 g/mol. The largest absolute Gasteiger partial charge is 0.466 e. The molecular formula is C59H113NO5. The topological polar surface area (TPSA) is 95.9 Å². The first-order valence-electron chi connectivity index (χ1n) is 29.1. The van der Waals surface area contributed by atoms with Crippen LogP contribution in [0.2, 0.25) is 0 Å². The summed E-state index contributed by atoms with van der Waals surface area (Å²) in [5.41, 5.74) is 0. The number of carbonyl (C=O) groups excluding carboxylic acids is 2. The van der Waals surface area contributed by atoms with Crippen molar-refractivity contribution in [3.63, 3.8) is 0 Å². The third-order valence-electron chi connectivity index (χ3n) is 13.5. The van der Waals surface area contributed by atoms with Crippen LogP contribution in [0.4, 0.5) is 0 Å². The minimum Gasteiger partial charge on any atom is -0.466 e. The molecule has 0 saturated carbocycles. The third kappa shape index (κ3) is 51.6. The second-order valence-corrected chi connectivity index (χ2v) is 20.0. The number of nitrogens with one attached hydrogen (secondary N) is 1. The lowest BCUT2D eigenvalue weighted by Crippen LogP contribution is -2.45. The molecule has 0 rings (SSSR count). The summed E-state index contributed by atoms with van der Waals surface area (Å²) in [6.07, 6.45) is 66.4. The summed E-state index contributed by atoms with van der Waals surface area (Å²) in [7, 11) is 0. The highest BCUT2D eigenvalue weighted by molar-refractivity contribution is 5.76. The van der Waals surface area contributed by atoms with E-state index in [0.717, 1.165) is 70.6 Å². The molecule has 0 aromatic rings. The van der Waals surface area contributed by atoms with Crippen molar-refractivity contribution in [2.45, 2.75) is 328 Å². The zero-order valence-corrected chi connectivity index (χ0v) is 43.7. The highest BCUT2D eigenvalue weighted by Gasteiger charge is 2.18. The second kappa shape index (κ2) is 54.9. The molecule has 0 heterocycles. The molecular weight excluding hydrogens is 803 g/mol. The van der Waals surface area contributed by atoms with Crippen molar-refractivity contribution in [2.75, 3.05) is 13.2 Å². The maximum Gasteiger partial charge on any atom is 0.305 e. The van der Waals surface area contributed by atoms with Crippen LogP contribution < -0.4 is 5.32 Å². The van der Waals surface area contributed by atoms with Gasteiger partial charge in [-0.2, -0.15) is 0 Å². The van der Waals surface area contributed by atoms with Gasteiger partial charge in [0.15, 0.2) is 0 Å². The number of hydrogen-bond acceptors (Lipinski definition) is 5. The van der Waals surface area contributed by atoms with Gasteiger partial charge in [0.2, 0.25) is 5.91 Å². The maximum absolute atomic E-state index is 12.4. The highest BCUT2D eigenvalue weighted by Crippen LogP contribution is 2.17. The van der Waals surface area contributed by atoms with Crippen LogP contribution in [0, 0.1) is 0 Å². The number of carbonyl (C=O) groups is 2. The van der Waals surface area contributed by atoms with Gasteiger partial charge in [0.1, 0.15) is 0 Å². The molecule has 1 amide bonds. The van der Waals surface area contributed by atoms with Crippen LogP contribution in [-0.2, 0) is 14.3 Å². The van der Waals surface area contributed by atoms with E-state index in [-0.39, 0.29) is 18.5 Å². The van der Waals surface area contributed by atoms with Crippen molar-refractivity contribution < 1.29 is 24.5 Å². The van der Waals surface area contributed by atoms with Crippen LogP contribution in [0.15, 0.2) is 24.3 Å². The van der Waals surface area contributed by atoms with Crippen molar-refractivity contribution in [1.82, 2.24) is 5.32 Å². The monoisotopic (exact) mass is 916 g/mol. The Morgan fingerprint density at radius 1 is 0.415 bits per heavy atom. The SMILES string of the molecule is CCCCCCCCCCCCCCCCCCCC/C=C/C(O)C(CO)NC(=O)CCC/C=C\CCCCCCOC(=O)CCCCCCCCCCCCCCCCCCCCC. The highest BCUT2D eigenvalue weighted by atomic mass is 16.5. The number of esters is 1. The number of unbranched alkanes of at least 4 members (excludes halogenated alkanes) is 41.